The maximum Gasteiger partial charge on any atom is 0.337 e. The van der Waals surface area contributed by atoms with E-state index in [9.17, 15) is 4.79 Å². The molecule has 0 saturated carbocycles. The lowest BCUT2D eigenvalue weighted by molar-refractivity contribution is -0.137. The number of H-pyrrole nitrogens is 1. The standard InChI is InChI=1S/C24H32N2O4/c1-6-15-12-26-8-7-16-22-19(9-14(2)10-21(22)29-4)25-23(16)20(26)11-17(15)18(13-28-3)24(27)30-5/h9-10,13,15,17,20,25H,6-8,11-12H2,1-5H3/b18-13+/t15-,17+,20+/m1/s1. The third-order valence-electron chi connectivity index (χ3n) is 6.89. The van der Waals surface area contributed by atoms with Crippen molar-refractivity contribution in [2.75, 3.05) is 34.4 Å². The van der Waals surface area contributed by atoms with Gasteiger partial charge in [-0.25, -0.2) is 4.79 Å². The molecule has 0 bridgehead atoms. The molecule has 2 aliphatic heterocycles. The molecule has 6 nitrogen and oxygen atoms in total. The molecule has 3 heterocycles. The van der Waals surface area contributed by atoms with E-state index in [1.54, 1.807) is 20.5 Å². The van der Waals surface area contributed by atoms with Gasteiger partial charge in [-0.3, -0.25) is 4.90 Å². The zero-order valence-electron chi connectivity index (χ0n) is 18.6. The molecule has 6 heteroatoms. The molecule has 0 spiro atoms. The molecule has 1 fully saturated rings. The van der Waals surface area contributed by atoms with E-state index < -0.39 is 0 Å². The Bertz CT molecular complexity index is 977. The maximum absolute atomic E-state index is 12.5. The fourth-order valence-corrected chi connectivity index (χ4v) is 5.49. The summed E-state index contributed by atoms with van der Waals surface area (Å²) in [4.78, 5) is 18.8. The van der Waals surface area contributed by atoms with Crippen LogP contribution in [0.5, 0.6) is 5.75 Å². The van der Waals surface area contributed by atoms with Crippen LogP contribution in [0, 0.1) is 18.8 Å². The molecule has 0 unspecified atom stereocenters. The summed E-state index contributed by atoms with van der Waals surface area (Å²) < 4.78 is 16.1. The van der Waals surface area contributed by atoms with E-state index in [2.05, 4.69) is 35.9 Å². The number of aromatic nitrogens is 1. The predicted octanol–water partition coefficient (Wildman–Crippen LogP) is 4.13. The van der Waals surface area contributed by atoms with E-state index in [-0.39, 0.29) is 17.9 Å². The number of aromatic amines is 1. The molecule has 2 aromatic rings. The zero-order chi connectivity index (χ0) is 21.4. The molecule has 1 saturated heterocycles. The number of aryl methyl sites for hydroxylation is 1. The lowest BCUT2D eigenvalue weighted by Crippen LogP contribution is -2.47. The number of piperidine rings is 1. The number of carbonyl (C=O) groups is 1. The number of ether oxygens (including phenoxy) is 3. The van der Waals surface area contributed by atoms with Crippen LogP contribution in [-0.4, -0.2) is 50.3 Å². The van der Waals surface area contributed by atoms with Gasteiger partial charge < -0.3 is 19.2 Å². The molecule has 1 N–H and O–H groups in total. The van der Waals surface area contributed by atoms with Crippen molar-refractivity contribution in [2.45, 2.75) is 39.2 Å². The first-order chi connectivity index (χ1) is 14.5. The smallest absolute Gasteiger partial charge is 0.337 e. The van der Waals surface area contributed by atoms with Gasteiger partial charge in [0.2, 0.25) is 0 Å². The second-order valence-corrected chi connectivity index (χ2v) is 8.48. The van der Waals surface area contributed by atoms with Gasteiger partial charge in [0.15, 0.2) is 0 Å². The minimum Gasteiger partial charge on any atom is -0.504 e. The van der Waals surface area contributed by atoms with Crippen LogP contribution in [-0.2, 0) is 20.7 Å². The largest absolute Gasteiger partial charge is 0.504 e. The normalized spacial score (nSPS) is 24.3. The number of nitrogens with zero attached hydrogens (tertiary/aromatic N) is 1. The molecule has 30 heavy (non-hydrogen) atoms. The Morgan fingerprint density at radius 3 is 2.77 bits per heavy atom. The fraction of sp³-hybridized carbons (Fsp3) is 0.542. The van der Waals surface area contributed by atoms with Gasteiger partial charge in [0.05, 0.1) is 39.2 Å². The Morgan fingerprint density at radius 1 is 1.30 bits per heavy atom. The Balaban J connectivity index is 1.78. The summed E-state index contributed by atoms with van der Waals surface area (Å²) in [6.07, 6.45) is 4.46. The molecule has 4 rings (SSSR count). The molecule has 2 aliphatic rings. The van der Waals surface area contributed by atoms with E-state index in [1.807, 2.05) is 0 Å². The van der Waals surface area contributed by atoms with Crippen molar-refractivity contribution in [3.8, 4) is 5.75 Å². The van der Waals surface area contributed by atoms with Crippen molar-refractivity contribution in [3.05, 3.63) is 40.8 Å². The van der Waals surface area contributed by atoms with Crippen molar-refractivity contribution in [1.29, 1.82) is 0 Å². The third kappa shape index (κ3) is 3.37. The highest BCUT2D eigenvalue weighted by Crippen LogP contribution is 2.47. The Labute approximate surface area is 178 Å². The van der Waals surface area contributed by atoms with Crippen LogP contribution >= 0.6 is 0 Å². The Kier molecular flexibility index (Phi) is 5.78. The van der Waals surface area contributed by atoms with Gasteiger partial charge in [-0.1, -0.05) is 13.3 Å². The third-order valence-corrected chi connectivity index (χ3v) is 6.89. The van der Waals surface area contributed by atoms with Gasteiger partial charge in [0.1, 0.15) is 5.75 Å². The molecule has 0 aliphatic carbocycles. The number of esters is 1. The number of hydrogen-bond acceptors (Lipinski definition) is 5. The molecular formula is C24H32N2O4. The lowest BCUT2D eigenvalue weighted by atomic mass is 9.74. The van der Waals surface area contributed by atoms with E-state index in [4.69, 9.17) is 14.2 Å². The molecule has 1 aromatic carbocycles. The molecule has 3 atom stereocenters. The van der Waals surface area contributed by atoms with Gasteiger partial charge in [0.25, 0.3) is 0 Å². The van der Waals surface area contributed by atoms with Crippen LogP contribution in [0.3, 0.4) is 0 Å². The number of benzene rings is 1. The average Bonchev–Trinajstić information content (AvgIpc) is 3.14. The lowest BCUT2D eigenvalue weighted by Gasteiger charge is -2.46. The first-order valence-corrected chi connectivity index (χ1v) is 10.8. The minimum absolute atomic E-state index is 0.102. The fourth-order valence-electron chi connectivity index (χ4n) is 5.49. The van der Waals surface area contributed by atoms with Gasteiger partial charge in [-0.15, -0.1) is 0 Å². The first-order valence-electron chi connectivity index (χ1n) is 10.8. The number of nitrogens with one attached hydrogen (secondary N) is 1. The van der Waals surface area contributed by atoms with E-state index in [0.29, 0.717) is 11.5 Å². The van der Waals surface area contributed by atoms with Gasteiger partial charge in [-0.2, -0.15) is 0 Å². The van der Waals surface area contributed by atoms with Crippen LogP contribution in [0.4, 0.5) is 0 Å². The quantitative estimate of drug-likeness (QED) is 0.454. The monoisotopic (exact) mass is 412 g/mol. The highest BCUT2D eigenvalue weighted by molar-refractivity contribution is 5.92. The van der Waals surface area contributed by atoms with E-state index in [1.165, 1.54) is 29.3 Å². The van der Waals surface area contributed by atoms with E-state index in [0.717, 1.165) is 43.6 Å². The van der Waals surface area contributed by atoms with Crippen LogP contribution in [0.2, 0.25) is 0 Å². The number of rotatable bonds is 5. The number of hydrogen-bond donors (Lipinski definition) is 1. The first kappa shape index (κ1) is 20.8. The van der Waals surface area contributed by atoms with Crippen molar-refractivity contribution in [3.63, 3.8) is 0 Å². The molecule has 1 aromatic heterocycles. The van der Waals surface area contributed by atoms with Crippen molar-refractivity contribution in [2.24, 2.45) is 11.8 Å². The second kappa shape index (κ2) is 8.34. The van der Waals surface area contributed by atoms with Crippen LogP contribution in [0.15, 0.2) is 24.0 Å². The molecule has 0 amide bonds. The van der Waals surface area contributed by atoms with Gasteiger partial charge in [0, 0.05) is 29.7 Å². The highest BCUT2D eigenvalue weighted by atomic mass is 16.5. The number of carbonyl (C=O) groups excluding carboxylic acids is 1. The summed E-state index contributed by atoms with van der Waals surface area (Å²) in [6, 6.07) is 4.54. The summed E-state index contributed by atoms with van der Waals surface area (Å²) in [5.74, 6) is 1.14. The SMILES string of the molecule is CC[C@@H]1CN2CCc3c([nH]c4cc(C)cc(OC)c34)[C@@H]2C[C@@H]1/C(=C\OC)C(=O)OC. The van der Waals surface area contributed by atoms with E-state index >= 15 is 0 Å². The van der Waals surface area contributed by atoms with Gasteiger partial charge >= 0.3 is 5.97 Å². The second-order valence-electron chi connectivity index (χ2n) is 8.48. The highest BCUT2D eigenvalue weighted by Gasteiger charge is 2.42. The van der Waals surface area contributed by atoms with Crippen molar-refractivity contribution < 1.29 is 19.0 Å². The maximum atomic E-state index is 12.5. The summed E-state index contributed by atoms with van der Waals surface area (Å²) in [5, 5.41) is 1.20. The summed E-state index contributed by atoms with van der Waals surface area (Å²) >= 11 is 0. The summed E-state index contributed by atoms with van der Waals surface area (Å²) in [6.45, 7) is 6.28. The van der Waals surface area contributed by atoms with Crippen molar-refractivity contribution in [1.82, 2.24) is 9.88 Å². The van der Waals surface area contributed by atoms with Crippen molar-refractivity contribution >= 4 is 16.9 Å². The minimum atomic E-state index is -0.293. The topological polar surface area (TPSA) is 63.8 Å². The van der Waals surface area contributed by atoms with Gasteiger partial charge in [-0.05, 0) is 54.9 Å². The zero-order valence-corrected chi connectivity index (χ0v) is 18.6. The number of methoxy groups -OCH3 is 3. The van der Waals surface area contributed by atoms with Crippen LogP contribution in [0.25, 0.3) is 10.9 Å². The Hall–Kier alpha value is -2.47. The van der Waals surface area contributed by atoms with Crippen LogP contribution < -0.4 is 4.74 Å². The average molecular weight is 413 g/mol. The summed E-state index contributed by atoms with van der Waals surface area (Å²) in [7, 11) is 4.76. The molecular weight excluding hydrogens is 380 g/mol. The molecule has 162 valence electrons. The number of fused-ring (bicyclic) bond motifs is 5. The predicted molar refractivity (Wildman–Crippen MR) is 117 cm³/mol. The van der Waals surface area contributed by atoms with Crippen LogP contribution in [0.1, 0.15) is 42.6 Å². The Morgan fingerprint density at radius 2 is 2.10 bits per heavy atom. The molecule has 0 radical (unpaired) electrons. The summed E-state index contributed by atoms with van der Waals surface area (Å²) in [5.41, 5.74) is 5.57.